The van der Waals surface area contributed by atoms with Crippen LogP contribution in [0.3, 0.4) is 0 Å². The molecule has 0 aliphatic carbocycles. The summed E-state index contributed by atoms with van der Waals surface area (Å²) in [5.74, 6) is 0.134. The lowest BCUT2D eigenvalue weighted by molar-refractivity contribution is 0.0628. The minimum absolute atomic E-state index is 0.134. The molecular weight excluding hydrogens is 318 g/mol. The van der Waals surface area contributed by atoms with Gasteiger partial charge < -0.3 is 4.90 Å². The lowest BCUT2D eigenvalue weighted by atomic mass is 10.2. The van der Waals surface area contributed by atoms with E-state index in [9.17, 15) is 4.79 Å². The average molecular weight is 337 g/mol. The van der Waals surface area contributed by atoms with Crippen LogP contribution in [-0.4, -0.2) is 46.9 Å². The number of rotatable bonds is 3. The molecule has 122 valence electrons. The summed E-state index contributed by atoms with van der Waals surface area (Å²) in [7, 11) is 0. The maximum Gasteiger partial charge on any atom is 0.253 e. The summed E-state index contributed by atoms with van der Waals surface area (Å²) in [6, 6.07) is 17.8. The number of amides is 1. The first-order valence-electron chi connectivity index (χ1n) is 8.21. The molecule has 2 heterocycles. The second-order valence-corrected chi connectivity index (χ2v) is 7.12. The second-order valence-electron chi connectivity index (χ2n) is 6.01. The van der Waals surface area contributed by atoms with Crippen LogP contribution in [0.5, 0.6) is 0 Å². The maximum absolute atomic E-state index is 12.5. The van der Waals surface area contributed by atoms with Gasteiger partial charge in [0.25, 0.3) is 5.91 Å². The number of thiazole rings is 1. The van der Waals surface area contributed by atoms with E-state index < -0.39 is 0 Å². The third-order valence-corrected chi connectivity index (χ3v) is 5.40. The summed E-state index contributed by atoms with van der Waals surface area (Å²) in [6.07, 6.45) is 0. The molecule has 1 aliphatic rings. The van der Waals surface area contributed by atoms with Crippen molar-refractivity contribution in [2.75, 3.05) is 26.2 Å². The standard InChI is InChI=1S/C19H19N3OS/c23-19(15-6-2-1-3-7-15)22-12-10-21(11-13-22)14-18-20-16-8-4-5-9-17(16)24-18/h1-9H,10-14H2. The summed E-state index contributed by atoms with van der Waals surface area (Å²) in [4.78, 5) is 21.5. The van der Waals surface area contributed by atoms with Gasteiger partial charge in [0.05, 0.1) is 16.8 Å². The number of para-hydroxylation sites is 1. The number of nitrogens with zero attached hydrogens (tertiary/aromatic N) is 3. The highest BCUT2D eigenvalue weighted by Gasteiger charge is 2.22. The molecule has 1 amide bonds. The first-order chi connectivity index (χ1) is 11.8. The third kappa shape index (κ3) is 3.18. The Balaban J connectivity index is 1.37. The number of carbonyl (C=O) groups is 1. The van der Waals surface area contributed by atoms with Gasteiger partial charge in [0.1, 0.15) is 5.01 Å². The highest BCUT2D eigenvalue weighted by atomic mass is 32.1. The Morgan fingerprint density at radius 1 is 0.958 bits per heavy atom. The molecule has 2 aromatic carbocycles. The number of piperazine rings is 1. The second kappa shape index (κ2) is 6.71. The predicted molar refractivity (Wildman–Crippen MR) is 97.2 cm³/mol. The Kier molecular flexibility index (Phi) is 4.28. The predicted octanol–water partition coefficient (Wildman–Crippen LogP) is 3.25. The molecule has 3 aromatic rings. The van der Waals surface area contributed by atoms with Crippen LogP contribution in [0, 0.1) is 0 Å². The topological polar surface area (TPSA) is 36.4 Å². The minimum atomic E-state index is 0.134. The van der Waals surface area contributed by atoms with Gasteiger partial charge in [-0.1, -0.05) is 30.3 Å². The van der Waals surface area contributed by atoms with Crippen molar-refractivity contribution in [2.45, 2.75) is 6.54 Å². The highest BCUT2D eigenvalue weighted by molar-refractivity contribution is 7.18. The Bertz CT molecular complexity index is 805. The molecular formula is C19H19N3OS. The Labute approximate surface area is 145 Å². The van der Waals surface area contributed by atoms with Crippen molar-refractivity contribution in [3.63, 3.8) is 0 Å². The number of carbonyl (C=O) groups excluding carboxylic acids is 1. The van der Waals surface area contributed by atoms with Crippen molar-refractivity contribution < 1.29 is 4.79 Å². The van der Waals surface area contributed by atoms with E-state index in [1.165, 1.54) is 4.70 Å². The van der Waals surface area contributed by atoms with Crippen LogP contribution in [0.25, 0.3) is 10.2 Å². The van der Waals surface area contributed by atoms with Crippen molar-refractivity contribution in [3.8, 4) is 0 Å². The molecule has 5 heteroatoms. The van der Waals surface area contributed by atoms with Crippen molar-refractivity contribution in [3.05, 3.63) is 65.2 Å². The van der Waals surface area contributed by atoms with Crippen LogP contribution < -0.4 is 0 Å². The summed E-state index contributed by atoms with van der Waals surface area (Å²) < 4.78 is 1.24. The van der Waals surface area contributed by atoms with Crippen LogP contribution in [-0.2, 0) is 6.54 Å². The highest BCUT2D eigenvalue weighted by Crippen LogP contribution is 2.23. The zero-order valence-electron chi connectivity index (χ0n) is 13.4. The van der Waals surface area contributed by atoms with Gasteiger partial charge >= 0.3 is 0 Å². The summed E-state index contributed by atoms with van der Waals surface area (Å²) in [5.41, 5.74) is 1.85. The lowest BCUT2D eigenvalue weighted by Crippen LogP contribution is -2.48. The van der Waals surface area contributed by atoms with Crippen LogP contribution >= 0.6 is 11.3 Å². The van der Waals surface area contributed by atoms with E-state index in [1.54, 1.807) is 11.3 Å². The molecule has 0 saturated carbocycles. The summed E-state index contributed by atoms with van der Waals surface area (Å²) in [5, 5.41) is 1.15. The van der Waals surface area contributed by atoms with Gasteiger partial charge in [-0.3, -0.25) is 9.69 Å². The van der Waals surface area contributed by atoms with Crippen LogP contribution in [0.15, 0.2) is 54.6 Å². The fourth-order valence-corrected chi connectivity index (χ4v) is 4.06. The van der Waals surface area contributed by atoms with Crippen LogP contribution in [0.1, 0.15) is 15.4 Å². The average Bonchev–Trinajstić information content (AvgIpc) is 3.05. The van der Waals surface area contributed by atoms with E-state index in [0.717, 1.165) is 48.8 Å². The first-order valence-corrected chi connectivity index (χ1v) is 9.02. The van der Waals surface area contributed by atoms with E-state index >= 15 is 0 Å². The number of fused-ring (bicyclic) bond motifs is 1. The van der Waals surface area contributed by atoms with Crippen molar-refractivity contribution >= 4 is 27.5 Å². The fourth-order valence-electron chi connectivity index (χ4n) is 3.05. The molecule has 0 unspecified atom stereocenters. The Morgan fingerprint density at radius 2 is 1.67 bits per heavy atom. The summed E-state index contributed by atoms with van der Waals surface area (Å²) >= 11 is 1.76. The number of hydrogen-bond donors (Lipinski definition) is 0. The Hall–Kier alpha value is -2.24. The molecule has 4 nitrogen and oxygen atoms in total. The summed E-state index contributed by atoms with van der Waals surface area (Å²) in [6.45, 7) is 4.22. The van der Waals surface area contributed by atoms with E-state index in [-0.39, 0.29) is 5.91 Å². The van der Waals surface area contributed by atoms with Crippen LogP contribution in [0.4, 0.5) is 0 Å². The molecule has 1 aromatic heterocycles. The van der Waals surface area contributed by atoms with E-state index in [4.69, 9.17) is 4.98 Å². The normalized spacial score (nSPS) is 15.8. The molecule has 0 N–H and O–H groups in total. The number of aromatic nitrogens is 1. The Morgan fingerprint density at radius 3 is 2.42 bits per heavy atom. The minimum Gasteiger partial charge on any atom is -0.336 e. The quantitative estimate of drug-likeness (QED) is 0.736. The first kappa shape index (κ1) is 15.3. The smallest absolute Gasteiger partial charge is 0.253 e. The monoisotopic (exact) mass is 337 g/mol. The van der Waals surface area contributed by atoms with Gasteiger partial charge in [-0.15, -0.1) is 11.3 Å². The van der Waals surface area contributed by atoms with Crippen molar-refractivity contribution in [1.29, 1.82) is 0 Å². The van der Waals surface area contributed by atoms with Gasteiger partial charge in [-0.25, -0.2) is 4.98 Å². The molecule has 24 heavy (non-hydrogen) atoms. The van der Waals surface area contributed by atoms with Crippen molar-refractivity contribution in [1.82, 2.24) is 14.8 Å². The SMILES string of the molecule is O=C(c1ccccc1)N1CCN(Cc2nc3ccccc3s2)CC1. The number of benzene rings is 2. The molecule has 0 atom stereocenters. The molecule has 1 aliphatic heterocycles. The van der Waals surface area contributed by atoms with Gasteiger partial charge in [0.15, 0.2) is 0 Å². The molecule has 0 spiro atoms. The largest absolute Gasteiger partial charge is 0.336 e. The van der Waals surface area contributed by atoms with Gasteiger partial charge in [-0.2, -0.15) is 0 Å². The maximum atomic E-state index is 12.5. The third-order valence-electron chi connectivity index (χ3n) is 4.38. The van der Waals surface area contributed by atoms with Gasteiger partial charge in [0, 0.05) is 31.7 Å². The van der Waals surface area contributed by atoms with Gasteiger partial charge in [-0.05, 0) is 24.3 Å². The van der Waals surface area contributed by atoms with Crippen LogP contribution in [0.2, 0.25) is 0 Å². The fraction of sp³-hybridized carbons (Fsp3) is 0.263. The zero-order chi connectivity index (χ0) is 16.4. The van der Waals surface area contributed by atoms with Gasteiger partial charge in [0.2, 0.25) is 0 Å². The molecule has 0 bridgehead atoms. The molecule has 1 fully saturated rings. The lowest BCUT2D eigenvalue weighted by Gasteiger charge is -2.34. The zero-order valence-corrected chi connectivity index (χ0v) is 14.2. The van der Waals surface area contributed by atoms with E-state index in [0.29, 0.717) is 0 Å². The number of hydrogen-bond acceptors (Lipinski definition) is 4. The molecule has 0 radical (unpaired) electrons. The van der Waals surface area contributed by atoms with Crippen molar-refractivity contribution in [2.24, 2.45) is 0 Å². The van der Waals surface area contributed by atoms with E-state index in [2.05, 4.69) is 23.1 Å². The van der Waals surface area contributed by atoms with E-state index in [1.807, 2.05) is 41.3 Å². The molecule has 1 saturated heterocycles. The molecule has 4 rings (SSSR count).